The molecule has 5 aromatic rings. The highest BCUT2D eigenvalue weighted by Gasteiger charge is 2.16. The number of hydrogen-bond donors (Lipinski definition) is 1. The highest BCUT2D eigenvalue weighted by Crippen LogP contribution is 2.30. The Kier molecular flexibility index (Phi) is 3.52. The van der Waals surface area contributed by atoms with E-state index in [2.05, 4.69) is 10.4 Å². The Morgan fingerprint density at radius 3 is 2.39 bits per heavy atom. The van der Waals surface area contributed by atoms with Gasteiger partial charge in [-0.1, -0.05) is 36.4 Å². The van der Waals surface area contributed by atoms with Crippen molar-refractivity contribution in [1.29, 1.82) is 0 Å². The van der Waals surface area contributed by atoms with Crippen LogP contribution in [0.25, 0.3) is 32.7 Å². The molecule has 0 aliphatic rings. The first-order chi connectivity index (χ1) is 13.6. The largest absolute Gasteiger partial charge is 0.456 e. The van der Waals surface area contributed by atoms with Crippen LogP contribution in [0.5, 0.6) is 0 Å². The number of carbonyl (C=O) groups excluding carboxylic acids is 1. The maximum absolute atomic E-state index is 12.9. The molecule has 6 nitrogen and oxygen atoms in total. The molecule has 2 heterocycles. The Balaban J connectivity index is 1.59. The van der Waals surface area contributed by atoms with Crippen molar-refractivity contribution in [3.05, 3.63) is 82.8 Å². The lowest BCUT2D eigenvalue weighted by Crippen LogP contribution is -2.25. The normalized spacial score (nSPS) is 11.3. The monoisotopic (exact) mass is 369 g/mol. The van der Waals surface area contributed by atoms with Gasteiger partial charge in [-0.2, -0.15) is 5.10 Å². The van der Waals surface area contributed by atoms with E-state index in [1.54, 1.807) is 30.3 Å². The lowest BCUT2D eigenvalue weighted by Gasteiger charge is -2.09. The van der Waals surface area contributed by atoms with Gasteiger partial charge in [0.15, 0.2) is 5.69 Å². The van der Waals surface area contributed by atoms with Gasteiger partial charge in [0, 0.05) is 28.9 Å². The molecule has 2 aromatic heterocycles. The standard InChI is InChI=1S/C22H15N3O3/c1-25-22(27)16-8-3-2-7-15(16)20(24-25)21(26)23-13-10-11-19-17(12-13)14-6-4-5-9-18(14)28-19/h2-12H,1H3,(H,23,26). The van der Waals surface area contributed by atoms with Gasteiger partial charge in [-0.3, -0.25) is 9.59 Å². The summed E-state index contributed by atoms with van der Waals surface area (Å²) in [6.07, 6.45) is 0. The van der Waals surface area contributed by atoms with Crippen LogP contribution < -0.4 is 10.9 Å². The molecule has 0 saturated carbocycles. The lowest BCUT2D eigenvalue weighted by atomic mass is 10.1. The predicted molar refractivity (Wildman–Crippen MR) is 109 cm³/mol. The molecule has 0 fully saturated rings. The number of para-hydroxylation sites is 1. The Hall–Kier alpha value is -3.93. The molecule has 0 unspecified atom stereocenters. The second-order valence-electron chi connectivity index (χ2n) is 6.59. The summed E-state index contributed by atoms with van der Waals surface area (Å²) in [6, 6.07) is 20.2. The van der Waals surface area contributed by atoms with Gasteiger partial charge in [0.05, 0.1) is 5.39 Å². The molecular formula is C22H15N3O3. The van der Waals surface area contributed by atoms with Gasteiger partial charge in [0.25, 0.3) is 11.5 Å². The summed E-state index contributed by atoms with van der Waals surface area (Å²) in [5.41, 5.74) is 2.15. The number of aromatic nitrogens is 2. The number of carbonyl (C=O) groups is 1. The predicted octanol–water partition coefficient (Wildman–Crippen LogP) is 4.09. The van der Waals surface area contributed by atoms with E-state index in [9.17, 15) is 9.59 Å². The first-order valence-corrected chi connectivity index (χ1v) is 8.80. The molecule has 0 radical (unpaired) electrons. The summed E-state index contributed by atoms with van der Waals surface area (Å²) in [7, 11) is 1.54. The minimum Gasteiger partial charge on any atom is -0.456 e. The SMILES string of the molecule is Cn1nc(C(=O)Nc2ccc3oc4ccccc4c3c2)c2ccccc2c1=O. The Morgan fingerprint density at radius 2 is 1.57 bits per heavy atom. The number of nitrogens with one attached hydrogen (secondary N) is 1. The fourth-order valence-corrected chi connectivity index (χ4v) is 3.46. The molecule has 0 spiro atoms. The van der Waals surface area contributed by atoms with E-state index in [0.717, 1.165) is 21.9 Å². The van der Waals surface area contributed by atoms with Gasteiger partial charge in [-0.15, -0.1) is 0 Å². The number of amides is 1. The average Bonchev–Trinajstić information content (AvgIpc) is 3.09. The van der Waals surface area contributed by atoms with Gasteiger partial charge < -0.3 is 9.73 Å². The second kappa shape index (κ2) is 6.06. The number of anilines is 1. The quantitative estimate of drug-likeness (QED) is 0.508. The van der Waals surface area contributed by atoms with Crippen LogP contribution in [0, 0.1) is 0 Å². The Morgan fingerprint density at radius 1 is 0.893 bits per heavy atom. The van der Waals surface area contributed by atoms with Crippen LogP contribution in [-0.2, 0) is 7.05 Å². The first-order valence-electron chi connectivity index (χ1n) is 8.80. The van der Waals surface area contributed by atoms with Crippen LogP contribution in [0.15, 0.2) is 75.9 Å². The lowest BCUT2D eigenvalue weighted by molar-refractivity contribution is 0.102. The van der Waals surface area contributed by atoms with Gasteiger partial charge in [-0.25, -0.2) is 4.68 Å². The van der Waals surface area contributed by atoms with E-state index in [-0.39, 0.29) is 17.2 Å². The number of hydrogen-bond acceptors (Lipinski definition) is 4. The van der Waals surface area contributed by atoms with Gasteiger partial charge in [0.2, 0.25) is 0 Å². The number of nitrogens with zero attached hydrogens (tertiary/aromatic N) is 2. The number of furan rings is 1. The van der Waals surface area contributed by atoms with Crippen molar-refractivity contribution in [2.24, 2.45) is 7.05 Å². The summed E-state index contributed by atoms with van der Waals surface area (Å²) < 4.78 is 7.01. The van der Waals surface area contributed by atoms with Crippen molar-refractivity contribution in [3.8, 4) is 0 Å². The smallest absolute Gasteiger partial charge is 0.276 e. The fourth-order valence-electron chi connectivity index (χ4n) is 3.46. The summed E-state index contributed by atoms with van der Waals surface area (Å²) in [5.74, 6) is -0.376. The van der Waals surface area contributed by atoms with Crippen molar-refractivity contribution in [1.82, 2.24) is 9.78 Å². The van der Waals surface area contributed by atoms with Crippen LogP contribution in [-0.4, -0.2) is 15.7 Å². The molecule has 0 saturated heterocycles. The van der Waals surface area contributed by atoms with Gasteiger partial charge >= 0.3 is 0 Å². The fraction of sp³-hybridized carbons (Fsp3) is 0.0455. The van der Waals surface area contributed by atoms with E-state index in [1.807, 2.05) is 36.4 Å². The van der Waals surface area contributed by atoms with Crippen molar-refractivity contribution < 1.29 is 9.21 Å². The van der Waals surface area contributed by atoms with E-state index in [1.165, 1.54) is 11.7 Å². The Labute approximate surface area is 159 Å². The molecule has 0 aliphatic carbocycles. The molecule has 28 heavy (non-hydrogen) atoms. The molecule has 6 heteroatoms. The van der Waals surface area contributed by atoms with E-state index >= 15 is 0 Å². The number of aryl methyl sites for hydroxylation is 1. The van der Waals surface area contributed by atoms with Crippen molar-refractivity contribution >= 4 is 44.3 Å². The summed E-state index contributed by atoms with van der Waals surface area (Å²) >= 11 is 0. The molecule has 136 valence electrons. The van der Waals surface area contributed by atoms with E-state index < -0.39 is 0 Å². The van der Waals surface area contributed by atoms with Crippen molar-refractivity contribution in [2.45, 2.75) is 0 Å². The third-order valence-electron chi connectivity index (χ3n) is 4.81. The molecule has 0 atom stereocenters. The molecule has 1 amide bonds. The van der Waals surface area contributed by atoms with E-state index in [4.69, 9.17) is 4.42 Å². The molecule has 0 bridgehead atoms. The minimum atomic E-state index is -0.376. The zero-order valence-electron chi connectivity index (χ0n) is 15.0. The topological polar surface area (TPSA) is 77.1 Å². The molecule has 3 aromatic carbocycles. The van der Waals surface area contributed by atoms with Crippen LogP contribution in [0.1, 0.15) is 10.5 Å². The molecule has 0 aliphatic heterocycles. The van der Waals surface area contributed by atoms with Gasteiger partial charge in [-0.05, 0) is 30.3 Å². The maximum Gasteiger partial charge on any atom is 0.276 e. The number of benzene rings is 3. The van der Waals surface area contributed by atoms with Crippen LogP contribution >= 0.6 is 0 Å². The number of rotatable bonds is 2. The zero-order chi connectivity index (χ0) is 19.3. The molecular weight excluding hydrogens is 354 g/mol. The molecule has 1 N–H and O–H groups in total. The highest BCUT2D eigenvalue weighted by atomic mass is 16.3. The summed E-state index contributed by atoms with van der Waals surface area (Å²) in [4.78, 5) is 25.2. The van der Waals surface area contributed by atoms with Crippen LogP contribution in [0.3, 0.4) is 0 Å². The van der Waals surface area contributed by atoms with Crippen LogP contribution in [0.2, 0.25) is 0 Å². The van der Waals surface area contributed by atoms with E-state index in [0.29, 0.717) is 16.5 Å². The van der Waals surface area contributed by atoms with Crippen molar-refractivity contribution in [3.63, 3.8) is 0 Å². The molecule has 5 rings (SSSR count). The average molecular weight is 369 g/mol. The Bertz CT molecular complexity index is 1450. The summed E-state index contributed by atoms with van der Waals surface area (Å²) in [6.45, 7) is 0. The van der Waals surface area contributed by atoms with Gasteiger partial charge in [0.1, 0.15) is 11.2 Å². The zero-order valence-corrected chi connectivity index (χ0v) is 15.0. The third kappa shape index (κ3) is 2.46. The van der Waals surface area contributed by atoms with Crippen molar-refractivity contribution in [2.75, 3.05) is 5.32 Å². The second-order valence-corrected chi connectivity index (χ2v) is 6.59. The summed E-state index contributed by atoms with van der Waals surface area (Å²) in [5, 5.41) is 9.95. The van der Waals surface area contributed by atoms with Crippen LogP contribution in [0.4, 0.5) is 5.69 Å². The third-order valence-corrected chi connectivity index (χ3v) is 4.81. The maximum atomic E-state index is 12.9. The first kappa shape index (κ1) is 16.3. The highest BCUT2D eigenvalue weighted by molar-refractivity contribution is 6.12. The minimum absolute atomic E-state index is 0.204. The number of fused-ring (bicyclic) bond motifs is 4.